The van der Waals surface area contributed by atoms with Crippen LogP contribution in [0.15, 0.2) is 28.8 Å². The third-order valence-electron chi connectivity index (χ3n) is 5.68. The minimum Gasteiger partial charge on any atom is -0.469 e. The van der Waals surface area contributed by atoms with Crippen molar-refractivity contribution in [2.24, 2.45) is 7.05 Å². The summed E-state index contributed by atoms with van der Waals surface area (Å²) in [6, 6.07) is 0. The molecular weight excluding hydrogens is 685 g/mol. The van der Waals surface area contributed by atoms with Crippen molar-refractivity contribution in [1.82, 2.24) is 27.8 Å². The van der Waals surface area contributed by atoms with Crippen molar-refractivity contribution in [3.05, 3.63) is 62.9 Å². The molecule has 2 rings (SSSR count). The molecule has 0 aromatic carbocycles. The number of carbonyl (C=O) groups is 4. The molecule has 0 saturated heterocycles. The minimum absolute atomic E-state index is 0. The van der Waals surface area contributed by atoms with Crippen LogP contribution in [0.25, 0.3) is 0 Å². The molecule has 0 bridgehead atoms. The second-order valence-electron chi connectivity index (χ2n) is 8.28. The molecule has 0 aliphatic rings. The third kappa shape index (κ3) is 12.4. The summed E-state index contributed by atoms with van der Waals surface area (Å²) in [4.78, 5) is 118. The van der Waals surface area contributed by atoms with E-state index in [1.54, 1.807) is 0 Å². The molecule has 0 amide bonds. The summed E-state index contributed by atoms with van der Waals surface area (Å²) >= 11 is 0. The van der Waals surface area contributed by atoms with Gasteiger partial charge in [0.15, 0.2) is 0 Å². The van der Waals surface area contributed by atoms with Gasteiger partial charge in [-0.1, -0.05) is 7.43 Å². The van der Waals surface area contributed by atoms with Gasteiger partial charge in [0.1, 0.15) is 0 Å². The fraction of sp³-hybridized carbons (Fsp3) is 0.583. The molecule has 2 aromatic rings. The monoisotopic (exact) mass is 720 g/mol. The topological polar surface area (TPSA) is 246 Å². The van der Waals surface area contributed by atoms with Gasteiger partial charge in [0, 0.05) is 52.8 Å². The molecule has 0 unspecified atom stereocenters. The maximum absolute atomic E-state index is 12.2. The van der Waals surface area contributed by atoms with Crippen LogP contribution >= 0.6 is 0 Å². The molecule has 45 heavy (non-hydrogen) atoms. The number of ether oxygens (including phenoxy) is 4. The predicted octanol–water partition coefficient (Wildman–Crippen LogP) is -4.08. The van der Waals surface area contributed by atoms with E-state index in [0.29, 0.717) is 9.13 Å². The predicted molar refractivity (Wildman–Crippen MR) is 148 cm³/mol. The Kier molecular flexibility index (Phi) is 19.8. The minimum atomic E-state index is -1.05. The first kappa shape index (κ1) is 42.9. The quantitative estimate of drug-likeness (QED) is 0.149. The summed E-state index contributed by atoms with van der Waals surface area (Å²) in [6.07, 6.45) is -0.827. The van der Waals surface area contributed by atoms with Gasteiger partial charge in [-0.2, -0.15) is 0 Å². The van der Waals surface area contributed by atoms with E-state index in [1.807, 2.05) is 0 Å². The third-order valence-corrected chi connectivity index (χ3v) is 5.68. The maximum Gasteiger partial charge on any atom is 0.336 e. The van der Waals surface area contributed by atoms with E-state index in [-0.39, 0.29) is 92.0 Å². The average Bonchev–Trinajstić information content (AvgIpc) is 2.99. The zero-order valence-electron chi connectivity index (χ0n) is 24.6. The zero-order chi connectivity index (χ0) is 32.9. The number of esters is 4. The van der Waals surface area contributed by atoms with Crippen molar-refractivity contribution in [3.63, 3.8) is 0 Å². The number of rotatable bonds is 12. The Morgan fingerprint density at radius 1 is 0.511 bits per heavy atom. The van der Waals surface area contributed by atoms with E-state index < -0.39 is 58.0 Å². The van der Waals surface area contributed by atoms with E-state index in [4.69, 9.17) is 0 Å². The van der Waals surface area contributed by atoms with Gasteiger partial charge in [0.25, 0.3) is 0 Å². The van der Waals surface area contributed by atoms with Crippen molar-refractivity contribution < 1.29 is 70.8 Å². The molecule has 2 aromatic heterocycles. The Morgan fingerprint density at radius 2 is 0.756 bits per heavy atom. The van der Waals surface area contributed by atoms with Crippen molar-refractivity contribution in [2.75, 3.05) is 28.4 Å². The summed E-state index contributed by atoms with van der Waals surface area (Å²) < 4.78 is 21.2. The fourth-order valence-corrected chi connectivity index (χ4v) is 3.25. The van der Waals surface area contributed by atoms with Gasteiger partial charge < -0.3 is 28.1 Å². The Labute approximate surface area is 279 Å². The number of aromatic nitrogens is 6. The van der Waals surface area contributed by atoms with Crippen LogP contribution in [-0.4, -0.2) is 75.2 Å². The molecule has 0 saturated carbocycles. The van der Waals surface area contributed by atoms with Crippen molar-refractivity contribution in [1.29, 1.82) is 0 Å². The first-order chi connectivity index (χ1) is 20.2. The standard InChI is InChI=1S/C12H17N3O7.C11H15N3O7.CH4.Y/c1-13-10(18)14(6-4-8(16)21-2)12(20)15(11(13)19)7-5-9(17)22-3;1-20-7(15)3-5-13-9(17)12-10(18)14(11(13)19)6-4-8(16)21-2;;/h4-7H2,1-3H3;3-6H2,1-2H3,(H,12,17,18);1H4;/p-1. The van der Waals surface area contributed by atoms with Gasteiger partial charge in [0.05, 0.1) is 54.1 Å². The van der Waals surface area contributed by atoms with Crippen LogP contribution in [0, 0.1) is 0 Å². The molecular formula is C24H35N6O14Y-. The molecule has 20 nitrogen and oxygen atoms in total. The van der Waals surface area contributed by atoms with Gasteiger partial charge in [-0.25, -0.2) is 28.1 Å². The van der Waals surface area contributed by atoms with Crippen LogP contribution in [0.3, 0.4) is 0 Å². The van der Waals surface area contributed by atoms with Gasteiger partial charge >= 0.3 is 40.9 Å². The summed E-state index contributed by atoms with van der Waals surface area (Å²) in [7, 11) is 5.89. The summed E-state index contributed by atoms with van der Waals surface area (Å²) in [5.41, 5.74) is -5.61. The zero-order valence-corrected chi connectivity index (χ0v) is 27.5. The van der Waals surface area contributed by atoms with Gasteiger partial charge in [-0.15, -0.1) is 0 Å². The van der Waals surface area contributed by atoms with Gasteiger partial charge in [0.2, 0.25) is 17.1 Å². The Bertz CT molecular complexity index is 1580. The molecule has 0 aliphatic carbocycles. The van der Waals surface area contributed by atoms with E-state index in [1.165, 1.54) is 35.5 Å². The van der Waals surface area contributed by atoms with E-state index in [2.05, 4.69) is 23.9 Å². The number of carbonyl (C=O) groups excluding carboxylic acids is 4. The Balaban J connectivity index is 0. The van der Waals surface area contributed by atoms with Gasteiger partial charge in [-0.05, 0) is 13.1 Å². The van der Waals surface area contributed by atoms with Crippen molar-refractivity contribution >= 4 is 23.9 Å². The Morgan fingerprint density at radius 3 is 1.02 bits per heavy atom. The first-order valence-electron chi connectivity index (χ1n) is 12.3. The molecule has 0 N–H and O–H groups in total. The average molecular weight is 720 g/mol. The smallest absolute Gasteiger partial charge is 0.336 e. The number of hydrogen-bond donors (Lipinski definition) is 0. The SMILES string of the molecule is C.COC(=O)CCn1c(=O)[n-]c(=O)n(CCC(=O)OC)c1=O.COC(=O)CCn1c(=O)n(C)c(=O)n(CCC(=O)OC)c1=O.[Y]. The Hall–Kier alpha value is -4.20. The maximum atomic E-state index is 12.2. The molecule has 0 spiro atoms. The number of methoxy groups -OCH3 is 4. The van der Waals surface area contributed by atoms with Gasteiger partial charge in [-0.3, -0.25) is 38.5 Å². The summed E-state index contributed by atoms with van der Waals surface area (Å²) in [6.45, 7) is -0.987. The van der Waals surface area contributed by atoms with Crippen LogP contribution in [0.1, 0.15) is 33.1 Å². The van der Waals surface area contributed by atoms with E-state index in [9.17, 15) is 47.9 Å². The molecule has 2 heterocycles. The van der Waals surface area contributed by atoms with Crippen LogP contribution in [0.2, 0.25) is 0 Å². The summed E-state index contributed by atoms with van der Waals surface area (Å²) in [5.74, 6) is -2.43. The summed E-state index contributed by atoms with van der Waals surface area (Å²) in [5, 5.41) is 0. The second kappa shape index (κ2) is 20.7. The van der Waals surface area contributed by atoms with Crippen molar-refractivity contribution in [3.8, 4) is 0 Å². The van der Waals surface area contributed by atoms with Crippen LogP contribution in [0.5, 0.6) is 0 Å². The number of nitrogens with zero attached hydrogens (tertiary/aromatic N) is 6. The van der Waals surface area contributed by atoms with Crippen LogP contribution < -0.4 is 39.1 Å². The second-order valence-corrected chi connectivity index (χ2v) is 8.28. The first-order valence-corrected chi connectivity index (χ1v) is 12.3. The van der Waals surface area contributed by atoms with E-state index in [0.717, 1.165) is 13.7 Å². The molecule has 21 heteroatoms. The molecule has 0 fully saturated rings. The molecule has 1 radical (unpaired) electrons. The van der Waals surface area contributed by atoms with Crippen LogP contribution in [-0.2, 0) is 104 Å². The van der Waals surface area contributed by atoms with E-state index >= 15 is 0 Å². The fourth-order valence-electron chi connectivity index (χ4n) is 3.25. The van der Waals surface area contributed by atoms with Crippen molar-refractivity contribution in [2.45, 2.75) is 59.3 Å². The molecule has 0 aliphatic heterocycles. The molecule has 249 valence electrons. The number of hydrogen-bond acceptors (Lipinski definition) is 14. The normalized spacial score (nSPS) is 9.80. The largest absolute Gasteiger partial charge is 0.469 e. The van der Waals surface area contributed by atoms with Crippen LogP contribution in [0.4, 0.5) is 0 Å². The molecule has 0 atom stereocenters.